The number of halogens is 1. The number of aromatic nitrogens is 2. The quantitative estimate of drug-likeness (QED) is 0.391. The number of alkyl carbamates (subject to hydrolysis) is 1. The topological polar surface area (TPSA) is 107 Å². The van der Waals surface area contributed by atoms with Crippen LogP contribution in [-0.4, -0.2) is 36.1 Å². The van der Waals surface area contributed by atoms with Crippen LogP contribution >= 0.6 is 11.6 Å². The number of hydrogen-bond donors (Lipinski definition) is 1. The first-order chi connectivity index (χ1) is 18.3. The fourth-order valence-corrected chi connectivity index (χ4v) is 5.88. The van der Waals surface area contributed by atoms with E-state index in [0.717, 1.165) is 24.7 Å². The van der Waals surface area contributed by atoms with Crippen LogP contribution in [0, 0.1) is 5.92 Å². The first-order valence-corrected chi connectivity index (χ1v) is 15.2. The average molecular weight is 572 g/mol. The normalized spacial score (nSPS) is 18.8. The predicted molar refractivity (Wildman–Crippen MR) is 152 cm³/mol. The summed E-state index contributed by atoms with van der Waals surface area (Å²) in [7, 11) is -3.37. The molecule has 2 aromatic carbocycles. The maximum Gasteiger partial charge on any atom is 0.408 e. The first kappa shape index (κ1) is 28.8. The Bertz CT molecular complexity index is 1510. The van der Waals surface area contributed by atoms with Crippen LogP contribution in [-0.2, 0) is 14.6 Å². The molecule has 0 bridgehead atoms. The third-order valence-corrected chi connectivity index (χ3v) is 8.17. The zero-order valence-corrected chi connectivity index (χ0v) is 24.1. The van der Waals surface area contributed by atoms with Crippen LogP contribution in [0.2, 0.25) is 5.02 Å². The molecule has 1 heterocycles. The molecule has 3 aromatic rings. The van der Waals surface area contributed by atoms with E-state index >= 15 is 0 Å². The molecule has 4 rings (SSSR count). The summed E-state index contributed by atoms with van der Waals surface area (Å²) in [5.41, 5.74) is 1.23. The number of nitrogens with zero attached hydrogens (tertiary/aromatic N) is 2. The van der Waals surface area contributed by atoms with Gasteiger partial charge in [-0.2, -0.15) is 5.10 Å². The predicted octanol–water partition coefficient (Wildman–Crippen LogP) is 5.96. The highest BCUT2D eigenvalue weighted by Crippen LogP contribution is 2.39. The molecule has 1 aromatic heterocycles. The maximum absolute atomic E-state index is 12.8. The van der Waals surface area contributed by atoms with Gasteiger partial charge in [0.05, 0.1) is 22.7 Å². The molecule has 8 nitrogen and oxygen atoms in total. The second-order valence-electron chi connectivity index (χ2n) is 11.0. The molecule has 1 N–H and O–H groups in total. The highest BCUT2D eigenvalue weighted by Gasteiger charge is 2.32. The summed E-state index contributed by atoms with van der Waals surface area (Å²) in [5.74, 6) is 0.109. The van der Waals surface area contributed by atoms with E-state index in [1.807, 2.05) is 39.0 Å². The summed E-state index contributed by atoms with van der Waals surface area (Å²) >= 11 is 6.27. The van der Waals surface area contributed by atoms with Crippen molar-refractivity contribution in [2.45, 2.75) is 69.0 Å². The lowest BCUT2D eigenvalue weighted by molar-refractivity contribution is 0.0471. The molecule has 0 aliphatic heterocycles. The van der Waals surface area contributed by atoms with E-state index in [9.17, 15) is 18.0 Å². The Kier molecular flexibility index (Phi) is 8.51. The van der Waals surface area contributed by atoms with Gasteiger partial charge in [0.1, 0.15) is 5.60 Å². The lowest BCUT2D eigenvalue weighted by Gasteiger charge is -2.35. The van der Waals surface area contributed by atoms with Gasteiger partial charge in [-0.05, 0) is 88.3 Å². The second kappa shape index (κ2) is 11.5. The number of rotatable bonds is 6. The van der Waals surface area contributed by atoms with Gasteiger partial charge in [0.2, 0.25) is 0 Å². The van der Waals surface area contributed by atoms with E-state index in [0.29, 0.717) is 29.1 Å². The first-order valence-electron chi connectivity index (χ1n) is 13.0. The number of carbonyl (C=O) groups excluding carboxylic acids is 1. The third kappa shape index (κ3) is 7.48. The van der Waals surface area contributed by atoms with Crippen molar-refractivity contribution in [3.63, 3.8) is 0 Å². The number of benzene rings is 2. The van der Waals surface area contributed by atoms with E-state index in [2.05, 4.69) is 10.4 Å². The Morgan fingerprint density at radius 1 is 1.05 bits per heavy atom. The van der Waals surface area contributed by atoms with Gasteiger partial charge in [0, 0.05) is 22.9 Å². The summed E-state index contributed by atoms with van der Waals surface area (Å²) in [4.78, 5) is 25.7. The molecule has 39 heavy (non-hydrogen) atoms. The van der Waals surface area contributed by atoms with Gasteiger partial charge in [0.25, 0.3) is 5.56 Å². The highest BCUT2D eigenvalue weighted by molar-refractivity contribution is 7.90. The van der Waals surface area contributed by atoms with Crippen molar-refractivity contribution in [2.75, 3.05) is 6.26 Å². The van der Waals surface area contributed by atoms with Crippen molar-refractivity contribution < 1.29 is 17.9 Å². The number of sulfone groups is 1. The van der Waals surface area contributed by atoms with Gasteiger partial charge in [-0.1, -0.05) is 35.9 Å². The Hall–Kier alpha value is -3.17. The number of amides is 1. The zero-order chi connectivity index (χ0) is 28.4. The summed E-state index contributed by atoms with van der Waals surface area (Å²) in [6.45, 7) is 5.47. The third-order valence-electron chi connectivity index (χ3n) is 6.82. The molecule has 1 saturated carbocycles. The smallest absolute Gasteiger partial charge is 0.408 e. The molecule has 0 spiro atoms. The van der Waals surface area contributed by atoms with Crippen LogP contribution < -0.4 is 10.9 Å². The number of carbonyl (C=O) groups is 1. The molecule has 1 aliphatic rings. The minimum atomic E-state index is -3.37. The largest absolute Gasteiger partial charge is 0.444 e. The molecule has 1 fully saturated rings. The molecule has 1 unspecified atom stereocenters. The Morgan fingerprint density at radius 3 is 2.38 bits per heavy atom. The van der Waals surface area contributed by atoms with Gasteiger partial charge < -0.3 is 10.1 Å². The van der Waals surface area contributed by atoms with Crippen LogP contribution in [0.4, 0.5) is 4.79 Å². The van der Waals surface area contributed by atoms with Crippen molar-refractivity contribution in [2.24, 2.45) is 5.92 Å². The monoisotopic (exact) mass is 571 g/mol. The van der Waals surface area contributed by atoms with Gasteiger partial charge in [-0.3, -0.25) is 4.79 Å². The SMILES string of the molecule is CC(C)(C)OC(=O)NC(c1cccc(Cl)c1)C1CCC(n2nc(-c3cccc(S(C)(=O)=O)c3)ccc2=O)CC1. The highest BCUT2D eigenvalue weighted by atomic mass is 35.5. The summed E-state index contributed by atoms with van der Waals surface area (Å²) in [6, 6.07) is 16.7. The van der Waals surface area contributed by atoms with Gasteiger partial charge in [-0.25, -0.2) is 17.9 Å². The number of nitrogens with one attached hydrogen (secondary N) is 1. The van der Waals surface area contributed by atoms with E-state index in [1.165, 1.54) is 16.8 Å². The van der Waals surface area contributed by atoms with Crippen LogP contribution in [0.1, 0.15) is 64.1 Å². The Labute approximate surface area is 234 Å². The van der Waals surface area contributed by atoms with E-state index in [1.54, 1.807) is 30.3 Å². The Balaban J connectivity index is 1.54. The van der Waals surface area contributed by atoms with Crippen molar-refractivity contribution in [3.8, 4) is 11.3 Å². The minimum Gasteiger partial charge on any atom is -0.444 e. The number of ether oxygens (including phenoxy) is 1. The average Bonchev–Trinajstić information content (AvgIpc) is 2.86. The molecule has 1 aliphatic carbocycles. The fourth-order valence-electron chi connectivity index (χ4n) is 5.01. The molecule has 1 atom stereocenters. The van der Waals surface area contributed by atoms with Crippen molar-refractivity contribution in [1.82, 2.24) is 15.1 Å². The van der Waals surface area contributed by atoms with E-state index < -0.39 is 21.5 Å². The molecular formula is C29H34ClN3O5S. The van der Waals surface area contributed by atoms with Gasteiger partial charge in [-0.15, -0.1) is 0 Å². The second-order valence-corrected chi connectivity index (χ2v) is 13.5. The lowest BCUT2D eigenvalue weighted by atomic mass is 9.79. The molecular weight excluding hydrogens is 538 g/mol. The molecule has 208 valence electrons. The molecule has 10 heteroatoms. The van der Waals surface area contributed by atoms with Crippen molar-refractivity contribution in [3.05, 3.63) is 81.6 Å². The van der Waals surface area contributed by atoms with Crippen molar-refractivity contribution in [1.29, 1.82) is 0 Å². The Morgan fingerprint density at radius 2 is 1.74 bits per heavy atom. The summed E-state index contributed by atoms with van der Waals surface area (Å²) in [6.07, 6.45) is 3.55. The lowest BCUT2D eigenvalue weighted by Crippen LogP contribution is -2.39. The van der Waals surface area contributed by atoms with Gasteiger partial charge in [0.15, 0.2) is 9.84 Å². The molecule has 0 radical (unpaired) electrons. The minimum absolute atomic E-state index is 0.109. The number of hydrogen-bond acceptors (Lipinski definition) is 6. The van der Waals surface area contributed by atoms with Crippen LogP contribution in [0.15, 0.2) is 70.4 Å². The van der Waals surface area contributed by atoms with Crippen LogP contribution in [0.3, 0.4) is 0 Å². The van der Waals surface area contributed by atoms with E-state index in [-0.39, 0.29) is 28.5 Å². The summed E-state index contributed by atoms with van der Waals surface area (Å²) in [5, 5.41) is 8.26. The zero-order valence-electron chi connectivity index (χ0n) is 22.6. The van der Waals surface area contributed by atoms with Gasteiger partial charge >= 0.3 is 6.09 Å². The molecule has 1 amide bonds. The standard InChI is InChI=1S/C29H34ClN3O5S/c1-29(2,3)38-28(35)31-27(21-8-5-9-22(30)17-21)19-11-13-23(14-12-19)33-26(34)16-15-25(32-33)20-7-6-10-24(18-20)39(4,36)37/h5-10,15-19,23,27H,11-14H2,1-4H3,(H,31,35). The molecule has 0 saturated heterocycles. The summed E-state index contributed by atoms with van der Waals surface area (Å²) < 4.78 is 31.1. The van der Waals surface area contributed by atoms with Crippen LogP contribution in [0.25, 0.3) is 11.3 Å². The van der Waals surface area contributed by atoms with E-state index in [4.69, 9.17) is 16.3 Å². The van der Waals surface area contributed by atoms with Crippen LogP contribution in [0.5, 0.6) is 0 Å². The van der Waals surface area contributed by atoms with Crippen molar-refractivity contribution >= 4 is 27.5 Å². The fraction of sp³-hybridized carbons (Fsp3) is 0.414. The maximum atomic E-state index is 12.8.